The molecule has 0 heterocycles. The van der Waals surface area contributed by atoms with E-state index >= 15 is 0 Å². The Morgan fingerprint density at radius 3 is 2.22 bits per heavy atom. The van der Waals surface area contributed by atoms with E-state index in [0.29, 0.717) is 16.3 Å². The van der Waals surface area contributed by atoms with E-state index in [-0.39, 0.29) is 11.1 Å². The molecule has 2 aromatic carbocycles. The lowest BCUT2D eigenvalue weighted by Crippen LogP contribution is -2.02. The second kappa shape index (κ2) is 4.22. The van der Waals surface area contributed by atoms with Crippen LogP contribution in [-0.2, 0) is 0 Å². The Hall–Kier alpha value is -2.80. The van der Waals surface area contributed by atoms with Gasteiger partial charge in [0.05, 0.1) is 11.1 Å². The number of hydrogen-bond donors (Lipinski definition) is 2. The molecule has 2 N–H and O–H groups in total. The average molecular weight is 240 g/mol. The van der Waals surface area contributed by atoms with Crippen molar-refractivity contribution in [1.29, 1.82) is 0 Å². The number of fused-ring (bicyclic) bond motifs is 1. The van der Waals surface area contributed by atoms with Crippen LogP contribution in [0.4, 0.5) is 0 Å². The maximum atomic E-state index is 11.1. The summed E-state index contributed by atoms with van der Waals surface area (Å²) >= 11 is 0. The predicted octanol–water partition coefficient (Wildman–Crippen LogP) is 2.22. The number of hydrogen-bond acceptors (Lipinski definition) is 2. The van der Waals surface area contributed by atoms with Gasteiger partial charge in [0.25, 0.3) is 0 Å². The molecule has 0 atom stereocenters. The van der Waals surface area contributed by atoms with Crippen LogP contribution in [0.25, 0.3) is 10.8 Å². The van der Waals surface area contributed by atoms with Crippen molar-refractivity contribution in [2.75, 3.05) is 0 Å². The fourth-order valence-electron chi connectivity index (χ4n) is 1.83. The van der Waals surface area contributed by atoms with E-state index in [1.807, 2.05) is 0 Å². The lowest BCUT2D eigenvalue weighted by atomic mass is 9.97. The van der Waals surface area contributed by atoms with Gasteiger partial charge in [-0.1, -0.05) is 18.1 Å². The number of benzene rings is 2. The Morgan fingerprint density at radius 2 is 1.67 bits per heavy atom. The molecular formula is C14H8O4. The highest BCUT2D eigenvalue weighted by Crippen LogP contribution is 2.24. The van der Waals surface area contributed by atoms with Crippen molar-refractivity contribution in [3.63, 3.8) is 0 Å². The van der Waals surface area contributed by atoms with Gasteiger partial charge in [-0.2, -0.15) is 0 Å². The van der Waals surface area contributed by atoms with Gasteiger partial charge in [-0.3, -0.25) is 0 Å². The van der Waals surface area contributed by atoms with Gasteiger partial charge in [0.2, 0.25) is 0 Å². The standard InChI is InChI=1S/C14H8O4/c1-2-8-6-11-9(12(7-8)14(17)18)4-3-5-10(11)13(15)16/h1,3-7H,(H,15,16)(H,17,18). The number of terminal acetylenes is 1. The summed E-state index contributed by atoms with van der Waals surface area (Å²) in [5.74, 6) is 0.0657. The van der Waals surface area contributed by atoms with Gasteiger partial charge in [0.1, 0.15) is 0 Å². The van der Waals surface area contributed by atoms with E-state index in [2.05, 4.69) is 5.92 Å². The molecule has 0 aliphatic carbocycles. The lowest BCUT2D eigenvalue weighted by molar-refractivity contribution is 0.0686. The highest BCUT2D eigenvalue weighted by atomic mass is 16.4. The zero-order chi connectivity index (χ0) is 13.3. The van der Waals surface area contributed by atoms with Crippen molar-refractivity contribution in [2.45, 2.75) is 0 Å². The molecule has 0 fully saturated rings. The van der Waals surface area contributed by atoms with Crippen LogP contribution in [0, 0.1) is 12.3 Å². The second-order valence-corrected chi connectivity index (χ2v) is 3.68. The summed E-state index contributed by atoms with van der Waals surface area (Å²) in [7, 11) is 0. The molecule has 0 radical (unpaired) electrons. The van der Waals surface area contributed by atoms with Gasteiger partial charge >= 0.3 is 11.9 Å². The normalized spacial score (nSPS) is 9.94. The molecule has 0 aliphatic heterocycles. The number of carboxylic acids is 2. The predicted molar refractivity (Wildman–Crippen MR) is 65.8 cm³/mol. The first-order valence-corrected chi connectivity index (χ1v) is 5.04. The van der Waals surface area contributed by atoms with E-state index in [4.69, 9.17) is 16.6 Å². The van der Waals surface area contributed by atoms with Crippen LogP contribution < -0.4 is 0 Å². The third-order valence-corrected chi connectivity index (χ3v) is 2.62. The topological polar surface area (TPSA) is 74.6 Å². The van der Waals surface area contributed by atoms with Crippen LogP contribution in [-0.4, -0.2) is 22.2 Å². The molecule has 0 aromatic heterocycles. The smallest absolute Gasteiger partial charge is 0.336 e. The van der Waals surface area contributed by atoms with Gasteiger partial charge in [0.15, 0.2) is 0 Å². The van der Waals surface area contributed by atoms with E-state index in [9.17, 15) is 9.59 Å². The fourth-order valence-corrected chi connectivity index (χ4v) is 1.83. The maximum absolute atomic E-state index is 11.1. The summed E-state index contributed by atoms with van der Waals surface area (Å²) in [6.45, 7) is 0. The van der Waals surface area contributed by atoms with Gasteiger partial charge in [-0.15, -0.1) is 6.42 Å². The summed E-state index contributed by atoms with van der Waals surface area (Å²) in [5.41, 5.74) is 0.379. The monoisotopic (exact) mass is 240 g/mol. The largest absolute Gasteiger partial charge is 0.478 e. The zero-order valence-corrected chi connectivity index (χ0v) is 9.18. The van der Waals surface area contributed by atoms with Gasteiger partial charge in [-0.05, 0) is 29.0 Å². The van der Waals surface area contributed by atoms with E-state index in [0.717, 1.165) is 0 Å². The molecule has 0 saturated heterocycles. The third kappa shape index (κ3) is 1.78. The molecule has 0 saturated carbocycles. The Balaban J connectivity index is 2.96. The van der Waals surface area contributed by atoms with Crippen molar-refractivity contribution in [2.24, 2.45) is 0 Å². The summed E-state index contributed by atoms with van der Waals surface area (Å²) in [6.07, 6.45) is 5.25. The zero-order valence-electron chi connectivity index (χ0n) is 9.18. The minimum absolute atomic E-state index is 0.00329. The summed E-state index contributed by atoms with van der Waals surface area (Å²) in [6, 6.07) is 7.34. The Labute approximate surface area is 102 Å². The Morgan fingerprint density at radius 1 is 1.00 bits per heavy atom. The summed E-state index contributed by atoms with van der Waals surface area (Å²) < 4.78 is 0. The maximum Gasteiger partial charge on any atom is 0.336 e. The second-order valence-electron chi connectivity index (χ2n) is 3.68. The van der Waals surface area contributed by atoms with Crippen molar-refractivity contribution < 1.29 is 19.8 Å². The molecule has 2 rings (SSSR count). The number of carbonyl (C=O) groups is 2. The van der Waals surface area contributed by atoms with Crippen LogP contribution >= 0.6 is 0 Å². The van der Waals surface area contributed by atoms with E-state index in [1.54, 1.807) is 6.07 Å². The van der Waals surface area contributed by atoms with Crippen molar-refractivity contribution >= 4 is 22.7 Å². The number of rotatable bonds is 2. The first-order chi connectivity index (χ1) is 8.54. The minimum Gasteiger partial charge on any atom is -0.478 e. The lowest BCUT2D eigenvalue weighted by Gasteiger charge is -2.06. The van der Waals surface area contributed by atoms with Crippen molar-refractivity contribution in [3.05, 3.63) is 47.0 Å². The molecule has 18 heavy (non-hydrogen) atoms. The highest BCUT2D eigenvalue weighted by Gasteiger charge is 2.14. The molecule has 2 aromatic rings. The molecule has 0 spiro atoms. The SMILES string of the molecule is C#Cc1cc(C(=O)O)c2cccc(C(=O)O)c2c1. The summed E-state index contributed by atoms with van der Waals surface area (Å²) in [4.78, 5) is 22.2. The van der Waals surface area contributed by atoms with Crippen LogP contribution in [0.3, 0.4) is 0 Å². The molecule has 0 unspecified atom stereocenters. The Bertz CT molecular complexity index is 708. The quantitative estimate of drug-likeness (QED) is 0.789. The van der Waals surface area contributed by atoms with Crippen molar-refractivity contribution in [1.82, 2.24) is 0 Å². The van der Waals surface area contributed by atoms with Gasteiger partial charge in [0, 0.05) is 5.56 Å². The molecule has 0 bridgehead atoms. The molecule has 4 heteroatoms. The number of carboxylic acid groups (broad SMARTS) is 2. The fraction of sp³-hybridized carbons (Fsp3) is 0. The van der Waals surface area contributed by atoms with Crippen LogP contribution in [0.1, 0.15) is 26.3 Å². The summed E-state index contributed by atoms with van der Waals surface area (Å²) in [5, 5.41) is 18.9. The minimum atomic E-state index is -1.14. The van der Waals surface area contributed by atoms with E-state index in [1.165, 1.54) is 24.3 Å². The molecular weight excluding hydrogens is 232 g/mol. The molecule has 88 valence electrons. The first kappa shape index (κ1) is 11.7. The van der Waals surface area contributed by atoms with Crippen LogP contribution in [0.15, 0.2) is 30.3 Å². The Kier molecular flexibility index (Phi) is 2.74. The van der Waals surface area contributed by atoms with E-state index < -0.39 is 11.9 Å². The first-order valence-electron chi connectivity index (χ1n) is 5.04. The number of aromatic carboxylic acids is 2. The third-order valence-electron chi connectivity index (χ3n) is 2.62. The highest BCUT2D eigenvalue weighted by molar-refractivity contribution is 6.11. The van der Waals surface area contributed by atoms with Crippen LogP contribution in [0.5, 0.6) is 0 Å². The van der Waals surface area contributed by atoms with Crippen molar-refractivity contribution in [3.8, 4) is 12.3 Å². The van der Waals surface area contributed by atoms with Gasteiger partial charge < -0.3 is 10.2 Å². The van der Waals surface area contributed by atoms with Crippen LogP contribution in [0.2, 0.25) is 0 Å². The molecule has 4 nitrogen and oxygen atoms in total. The molecule has 0 amide bonds. The molecule has 0 aliphatic rings. The average Bonchev–Trinajstić information content (AvgIpc) is 2.36. The van der Waals surface area contributed by atoms with Gasteiger partial charge in [-0.25, -0.2) is 9.59 Å².